The lowest BCUT2D eigenvalue weighted by atomic mass is 10.1. The third-order valence-electron chi connectivity index (χ3n) is 3.17. The summed E-state index contributed by atoms with van der Waals surface area (Å²) >= 11 is 0. The SMILES string of the molecule is CC(C)c1ccc(-n2cc(-c3nnn[nH]3)ccc2=O)cn1. The van der Waals surface area contributed by atoms with Crippen LogP contribution in [0.1, 0.15) is 25.5 Å². The van der Waals surface area contributed by atoms with Gasteiger partial charge in [-0.1, -0.05) is 13.8 Å². The van der Waals surface area contributed by atoms with Crippen LogP contribution in [0.5, 0.6) is 0 Å². The zero-order chi connectivity index (χ0) is 14.8. The molecule has 0 spiro atoms. The first kappa shape index (κ1) is 13.2. The van der Waals surface area contributed by atoms with Crippen molar-refractivity contribution in [2.24, 2.45) is 0 Å². The van der Waals surface area contributed by atoms with Crippen LogP contribution in [0.15, 0.2) is 41.5 Å². The summed E-state index contributed by atoms with van der Waals surface area (Å²) in [7, 11) is 0. The fourth-order valence-electron chi connectivity index (χ4n) is 1.99. The Balaban J connectivity index is 2.05. The summed E-state index contributed by atoms with van der Waals surface area (Å²) in [6.07, 6.45) is 3.38. The zero-order valence-electron chi connectivity index (χ0n) is 11.7. The largest absolute Gasteiger partial charge is 0.282 e. The van der Waals surface area contributed by atoms with Crippen LogP contribution >= 0.6 is 0 Å². The molecule has 0 radical (unpaired) electrons. The van der Waals surface area contributed by atoms with E-state index >= 15 is 0 Å². The quantitative estimate of drug-likeness (QED) is 0.787. The summed E-state index contributed by atoms with van der Waals surface area (Å²) in [4.78, 5) is 16.4. The maximum atomic E-state index is 12.0. The Labute approximate surface area is 120 Å². The van der Waals surface area contributed by atoms with Gasteiger partial charge in [0, 0.05) is 23.5 Å². The van der Waals surface area contributed by atoms with Crippen molar-refractivity contribution < 1.29 is 0 Å². The molecular weight excluding hydrogens is 268 g/mol. The number of hydrogen-bond acceptors (Lipinski definition) is 5. The monoisotopic (exact) mass is 282 g/mol. The highest BCUT2D eigenvalue weighted by Gasteiger charge is 2.07. The minimum Gasteiger partial charge on any atom is -0.282 e. The lowest BCUT2D eigenvalue weighted by Crippen LogP contribution is -2.17. The van der Waals surface area contributed by atoms with Crippen molar-refractivity contribution in [3.63, 3.8) is 0 Å². The first-order valence-electron chi connectivity index (χ1n) is 6.58. The summed E-state index contributed by atoms with van der Waals surface area (Å²) in [5, 5.41) is 13.6. The molecule has 0 bridgehead atoms. The van der Waals surface area contributed by atoms with Gasteiger partial charge in [-0.3, -0.25) is 14.3 Å². The maximum absolute atomic E-state index is 12.0. The number of hydrogen-bond donors (Lipinski definition) is 1. The van der Waals surface area contributed by atoms with Gasteiger partial charge in [0.25, 0.3) is 5.56 Å². The highest BCUT2D eigenvalue weighted by molar-refractivity contribution is 5.53. The predicted octanol–water partition coefficient (Wildman–Crippen LogP) is 1.54. The van der Waals surface area contributed by atoms with Crippen LogP contribution in [-0.2, 0) is 0 Å². The highest BCUT2D eigenvalue weighted by Crippen LogP contribution is 2.15. The molecule has 3 heterocycles. The smallest absolute Gasteiger partial charge is 0.255 e. The molecule has 0 amide bonds. The van der Waals surface area contributed by atoms with E-state index in [1.54, 1.807) is 18.5 Å². The Morgan fingerprint density at radius 3 is 2.67 bits per heavy atom. The molecule has 0 aliphatic heterocycles. The van der Waals surface area contributed by atoms with E-state index in [1.807, 2.05) is 12.1 Å². The van der Waals surface area contributed by atoms with Gasteiger partial charge in [-0.15, -0.1) is 5.10 Å². The Morgan fingerprint density at radius 2 is 2.05 bits per heavy atom. The van der Waals surface area contributed by atoms with Crippen LogP contribution in [0.4, 0.5) is 0 Å². The zero-order valence-corrected chi connectivity index (χ0v) is 11.7. The van der Waals surface area contributed by atoms with Crippen molar-refractivity contribution in [1.82, 2.24) is 30.2 Å². The second kappa shape index (κ2) is 5.28. The topological polar surface area (TPSA) is 89.4 Å². The van der Waals surface area contributed by atoms with E-state index in [4.69, 9.17) is 0 Å². The van der Waals surface area contributed by atoms with Crippen molar-refractivity contribution in [3.05, 3.63) is 52.7 Å². The number of aromatic nitrogens is 6. The summed E-state index contributed by atoms with van der Waals surface area (Å²) in [5.41, 5.74) is 2.29. The minimum absolute atomic E-state index is 0.134. The predicted molar refractivity (Wildman–Crippen MR) is 77.1 cm³/mol. The van der Waals surface area contributed by atoms with Gasteiger partial charge in [-0.2, -0.15) is 0 Å². The van der Waals surface area contributed by atoms with Gasteiger partial charge in [0.15, 0.2) is 5.82 Å². The molecule has 0 atom stereocenters. The van der Waals surface area contributed by atoms with Crippen molar-refractivity contribution >= 4 is 0 Å². The second-order valence-corrected chi connectivity index (χ2v) is 4.97. The third kappa shape index (κ3) is 2.58. The van der Waals surface area contributed by atoms with E-state index < -0.39 is 0 Å². The first-order chi connectivity index (χ1) is 10.1. The number of H-pyrrole nitrogens is 1. The molecule has 1 N–H and O–H groups in total. The van der Waals surface area contributed by atoms with Gasteiger partial charge in [0.05, 0.1) is 11.9 Å². The minimum atomic E-state index is -0.134. The molecule has 0 saturated heterocycles. The molecule has 7 heteroatoms. The Morgan fingerprint density at radius 1 is 1.19 bits per heavy atom. The lowest BCUT2D eigenvalue weighted by Gasteiger charge is -2.09. The Bertz CT molecular complexity index is 789. The maximum Gasteiger partial charge on any atom is 0.255 e. The molecule has 3 aromatic rings. The number of pyridine rings is 2. The van der Waals surface area contributed by atoms with Crippen molar-refractivity contribution in [1.29, 1.82) is 0 Å². The number of aromatic amines is 1. The van der Waals surface area contributed by atoms with Crippen LogP contribution in [-0.4, -0.2) is 30.2 Å². The van der Waals surface area contributed by atoms with Crippen LogP contribution in [0.25, 0.3) is 17.1 Å². The van der Waals surface area contributed by atoms with Gasteiger partial charge in [-0.05, 0) is 34.5 Å². The van der Waals surface area contributed by atoms with Crippen LogP contribution < -0.4 is 5.56 Å². The van der Waals surface area contributed by atoms with E-state index in [9.17, 15) is 4.79 Å². The fraction of sp³-hybridized carbons (Fsp3) is 0.214. The second-order valence-electron chi connectivity index (χ2n) is 4.97. The first-order valence-corrected chi connectivity index (χ1v) is 6.58. The van der Waals surface area contributed by atoms with Gasteiger partial charge in [0.2, 0.25) is 0 Å². The lowest BCUT2D eigenvalue weighted by molar-refractivity contribution is 0.818. The molecule has 0 aliphatic carbocycles. The van der Waals surface area contributed by atoms with Crippen molar-refractivity contribution in [3.8, 4) is 17.1 Å². The molecule has 3 rings (SSSR count). The Kier molecular flexibility index (Phi) is 3.31. The van der Waals surface area contributed by atoms with E-state index in [0.717, 1.165) is 11.3 Å². The standard InChI is InChI=1S/C14H14N6O/c1-9(2)12-5-4-11(7-15-12)20-8-10(3-6-13(20)21)14-16-18-19-17-14/h3-9H,1-2H3,(H,16,17,18,19). The molecule has 0 saturated carbocycles. The molecule has 0 aromatic carbocycles. The summed E-state index contributed by atoms with van der Waals surface area (Å²) in [6, 6.07) is 6.96. The van der Waals surface area contributed by atoms with E-state index in [2.05, 4.69) is 39.5 Å². The molecule has 3 aromatic heterocycles. The van der Waals surface area contributed by atoms with Crippen molar-refractivity contribution in [2.45, 2.75) is 19.8 Å². The fourth-order valence-corrected chi connectivity index (χ4v) is 1.99. The molecule has 7 nitrogen and oxygen atoms in total. The number of tetrazole rings is 1. The molecule has 0 aliphatic rings. The normalized spacial score (nSPS) is 11.0. The molecule has 21 heavy (non-hydrogen) atoms. The van der Waals surface area contributed by atoms with E-state index in [0.29, 0.717) is 17.4 Å². The van der Waals surface area contributed by atoms with Gasteiger partial charge in [0.1, 0.15) is 0 Å². The number of rotatable bonds is 3. The number of nitrogens with zero attached hydrogens (tertiary/aromatic N) is 5. The molecule has 0 unspecified atom stereocenters. The van der Waals surface area contributed by atoms with E-state index in [1.165, 1.54) is 10.6 Å². The molecule has 0 fully saturated rings. The third-order valence-corrected chi connectivity index (χ3v) is 3.17. The highest BCUT2D eigenvalue weighted by atomic mass is 16.1. The number of nitrogens with one attached hydrogen (secondary N) is 1. The molecule has 106 valence electrons. The summed E-state index contributed by atoms with van der Waals surface area (Å²) in [5.74, 6) is 0.859. The van der Waals surface area contributed by atoms with Crippen molar-refractivity contribution in [2.75, 3.05) is 0 Å². The van der Waals surface area contributed by atoms with Crippen LogP contribution in [0, 0.1) is 0 Å². The average molecular weight is 282 g/mol. The van der Waals surface area contributed by atoms with Crippen LogP contribution in [0.3, 0.4) is 0 Å². The summed E-state index contributed by atoms with van der Waals surface area (Å²) in [6.45, 7) is 4.15. The Hall–Kier alpha value is -2.83. The van der Waals surface area contributed by atoms with Gasteiger partial charge >= 0.3 is 0 Å². The van der Waals surface area contributed by atoms with Crippen LogP contribution in [0.2, 0.25) is 0 Å². The molecular formula is C14H14N6O. The van der Waals surface area contributed by atoms with Gasteiger partial charge in [-0.25, -0.2) is 5.10 Å². The van der Waals surface area contributed by atoms with Gasteiger partial charge < -0.3 is 0 Å². The summed E-state index contributed by atoms with van der Waals surface area (Å²) < 4.78 is 1.52. The average Bonchev–Trinajstić information content (AvgIpc) is 3.02. The van der Waals surface area contributed by atoms with E-state index in [-0.39, 0.29) is 5.56 Å².